The van der Waals surface area contributed by atoms with E-state index in [9.17, 15) is 4.79 Å². The topological polar surface area (TPSA) is 66.5 Å². The zero-order valence-corrected chi connectivity index (χ0v) is 15.1. The lowest BCUT2D eigenvalue weighted by atomic mass is 10.2. The second-order valence-electron chi connectivity index (χ2n) is 6.14. The molecular weight excluding hydrogens is 316 g/mol. The summed E-state index contributed by atoms with van der Waals surface area (Å²) in [5.74, 6) is 0.684. The van der Waals surface area contributed by atoms with Gasteiger partial charge in [-0.25, -0.2) is 4.79 Å². The average Bonchev–Trinajstić information content (AvgIpc) is 2.58. The number of anilines is 1. The van der Waals surface area contributed by atoms with Crippen LogP contribution in [-0.4, -0.2) is 49.7 Å². The van der Waals surface area contributed by atoms with Crippen LogP contribution >= 0.6 is 0 Å². The van der Waals surface area contributed by atoms with Gasteiger partial charge >= 0.3 is 6.03 Å². The zero-order valence-electron chi connectivity index (χ0n) is 15.1. The molecule has 0 saturated carbocycles. The maximum Gasteiger partial charge on any atom is 0.319 e. The summed E-state index contributed by atoms with van der Waals surface area (Å²) in [6.45, 7) is 3.91. The highest BCUT2D eigenvalue weighted by Crippen LogP contribution is 2.25. The van der Waals surface area contributed by atoms with E-state index < -0.39 is 0 Å². The van der Waals surface area contributed by atoms with Gasteiger partial charge < -0.3 is 20.3 Å². The molecular formula is C19H26N4O2. The Morgan fingerprint density at radius 1 is 1.28 bits per heavy atom. The Hall–Kier alpha value is -2.60. The molecule has 0 bridgehead atoms. The average molecular weight is 342 g/mol. The summed E-state index contributed by atoms with van der Waals surface area (Å²) in [7, 11) is 3.99. The van der Waals surface area contributed by atoms with Crippen molar-refractivity contribution in [3.05, 3.63) is 53.9 Å². The van der Waals surface area contributed by atoms with E-state index in [2.05, 4.69) is 15.6 Å². The number of amides is 2. The molecule has 0 aliphatic heterocycles. The number of urea groups is 1. The monoisotopic (exact) mass is 342 g/mol. The summed E-state index contributed by atoms with van der Waals surface area (Å²) in [6.07, 6.45) is 4.27. The smallest absolute Gasteiger partial charge is 0.319 e. The summed E-state index contributed by atoms with van der Waals surface area (Å²) in [6, 6.07) is 9.37. The van der Waals surface area contributed by atoms with Gasteiger partial charge in [0.25, 0.3) is 0 Å². The van der Waals surface area contributed by atoms with Crippen LogP contribution in [0, 0.1) is 6.92 Å². The van der Waals surface area contributed by atoms with Crippen LogP contribution in [0.2, 0.25) is 0 Å². The van der Waals surface area contributed by atoms with Crippen molar-refractivity contribution < 1.29 is 9.53 Å². The number of ether oxygens (including phenoxy) is 1. The van der Waals surface area contributed by atoms with E-state index in [4.69, 9.17) is 4.74 Å². The number of carbonyl (C=O) groups excluding carboxylic acids is 1. The molecule has 0 unspecified atom stereocenters. The number of hydrogen-bond donors (Lipinski definition) is 2. The number of rotatable bonds is 8. The molecule has 6 nitrogen and oxygen atoms in total. The quantitative estimate of drug-likeness (QED) is 0.774. The molecule has 0 saturated heterocycles. The fourth-order valence-corrected chi connectivity index (χ4v) is 2.22. The van der Waals surface area contributed by atoms with Gasteiger partial charge in [0, 0.05) is 25.5 Å². The minimum absolute atomic E-state index is 0.245. The zero-order chi connectivity index (χ0) is 18.1. The van der Waals surface area contributed by atoms with E-state index in [-0.39, 0.29) is 6.03 Å². The van der Waals surface area contributed by atoms with Crippen molar-refractivity contribution in [1.82, 2.24) is 15.2 Å². The molecule has 0 atom stereocenters. The van der Waals surface area contributed by atoms with Crippen LogP contribution in [0.3, 0.4) is 0 Å². The lowest BCUT2D eigenvalue weighted by Crippen LogP contribution is -2.30. The van der Waals surface area contributed by atoms with Crippen molar-refractivity contribution in [1.29, 1.82) is 0 Å². The molecule has 0 aliphatic rings. The summed E-state index contributed by atoms with van der Waals surface area (Å²) in [4.78, 5) is 18.2. The number of nitrogens with zero attached hydrogens (tertiary/aromatic N) is 2. The Morgan fingerprint density at radius 3 is 2.84 bits per heavy atom. The van der Waals surface area contributed by atoms with E-state index in [1.807, 2.05) is 56.3 Å². The largest absolute Gasteiger partial charge is 0.490 e. The number of benzene rings is 1. The second kappa shape index (κ2) is 9.64. The van der Waals surface area contributed by atoms with Crippen molar-refractivity contribution in [2.45, 2.75) is 13.3 Å². The van der Waals surface area contributed by atoms with E-state index in [0.29, 0.717) is 24.6 Å². The first-order chi connectivity index (χ1) is 12.0. The molecule has 25 heavy (non-hydrogen) atoms. The van der Waals surface area contributed by atoms with E-state index in [1.54, 1.807) is 12.4 Å². The fraction of sp³-hybridized carbons (Fsp3) is 0.368. The summed E-state index contributed by atoms with van der Waals surface area (Å²) < 4.78 is 5.81. The molecule has 0 spiro atoms. The van der Waals surface area contributed by atoms with E-state index >= 15 is 0 Å². The van der Waals surface area contributed by atoms with Gasteiger partial charge in [-0.2, -0.15) is 0 Å². The van der Waals surface area contributed by atoms with Gasteiger partial charge in [-0.3, -0.25) is 4.98 Å². The van der Waals surface area contributed by atoms with Crippen LogP contribution in [-0.2, 0) is 6.42 Å². The molecule has 1 heterocycles. The van der Waals surface area contributed by atoms with Gasteiger partial charge in [-0.15, -0.1) is 0 Å². The highest BCUT2D eigenvalue weighted by molar-refractivity contribution is 5.90. The van der Waals surface area contributed by atoms with Gasteiger partial charge in [-0.1, -0.05) is 12.1 Å². The number of nitrogens with one attached hydrogen (secondary N) is 2. The predicted octanol–water partition coefficient (Wildman–Crippen LogP) is 2.69. The first-order valence-corrected chi connectivity index (χ1v) is 8.36. The second-order valence-corrected chi connectivity index (χ2v) is 6.14. The van der Waals surface area contributed by atoms with Crippen molar-refractivity contribution >= 4 is 11.7 Å². The maximum atomic E-state index is 12.1. The van der Waals surface area contributed by atoms with Crippen LogP contribution in [0.1, 0.15) is 11.1 Å². The van der Waals surface area contributed by atoms with E-state index in [0.717, 1.165) is 24.1 Å². The fourth-order valence-electron chi connectivity index (χ4n) is 2.22. The van der Waals surface area contributed by atoms with Crippen LogP contribution < -0.4 is 15.4 Å². The number of aromatic nitrogens is 1. The molecule has 2 N–H and O–H groups in total. The first kappa shape index (κ1) is 18.7. The highest BCUT2D eigenvalue weighted by atomic mass is 16.5. The normalized spacial score (nSPS) is 10.6. The highest BCUT2D eigenvalue weighted by Gasteiger charge is 2.08. The minimum atomic E-state index is -0.245. The Balaban J connectivity index is 1.86. The first-order valence-electron chi connectivity index (χ1n) is 8.36. The molecule has 2 rings (SSSR count). The Kier molecular flexibility index (Phi) is 7.22. The lowest BCUT2D eigenvalue weighted by Gasteiger charge is -2.15. The molecule has 2 aromatic rings. The lowest BCUT2D eigenvalue weighted by molar-refractivity contribution is 0.251. The van der Waals surface area contributed by atoms with E-state index in [1.165, 1.54) is 0 Å². The maximum absolute atomic E-state index is 12.1. The number of likely N-dealkylation sites (N-methyl/N-ethyl adjacent to an activating group) is 1. The van der Waals surface area contributed by atoms with Crippen LogP contribution in [0.25, 0.3) is 0 Å². The van der Waals surface area contributed by atoms with Gasteiger partial charge in [0.05, 0.1) is 5.69 Å². The molecule has 0 fully saturated rings. The Morgan fingerprint density at radius 2 is 2.12 bits per heavy atom. The number of aryl methyl sites for hydroxylation is 1. The Bertz CT molecular complexity index is 674. The molecule has 1 aromatic heterocycles. The molecule has 6 heteroatoms. The summed E-state index contributed by atoms with van der Waals surface area (Å²) >= 11 is 0. The molecule has 1 aromatic carbocycles. The van der Waals surface area contributed by atoms with Crippen molar-refractivity contribution in [3.8, 4) is 5.75 Å². The third-order valence-electron chi connectivity index (χ3n) is 3.60. The molecule has 0 radical (unpaired) electrons. The molecule has 2 amide bonds. The number of pyridine rings is 1. The number of carbonyl (C=O) groups is 1. The third kappa shape index (κ3) is 6.81. The van der Waals surface area contributed by atoms with Crippen molar-refractivity contribution in [2.24, 2.45) is 0 Å². The summed E-state index contributed by atoms with van der Waals surface area (Å²) in [5, 5.41) is 5.71. The van der Waals surface area contributed by atoms with Gasteiger partial charge in [0.2, 0.25) is 0 Å². The van der Waals surface area contributed by atoms with Gasteiger partial charge in [-0.05, 0) is 56.8 Å². The van der Waals surface area contributed by atoms with Crippen LogP contribution in [0.4, 0.5) is 10.5 Å². The van der Waals surface area contributed by atoms with Gasteiger partial charge in [0.15, 0.2) is 0 Å². The number of hydrogen-bond acceptors (Lipinski definition) is 4. The summed E-state index contributed by atoms with van der Waals surface area (Å²) in [5.41, 5.74) is 2.84. The molecule has 134 valence electrons. The minimum Gasteiger partial charge on any atom is -0.490 e. The third-order valence-corrected chi connectivity index (χ3v) is 3.60. The van der Waals surface area contributed by atoms with Crippen LogP contribution in [0.5, 0.6) is 5.75 Å². The standard InChI is InChI=1S/C19H26N4O2/c1-15-6-7-17(18(13-15)25-12-11-23(2)3)22-19(24)21-10-8-16-5-4-9-20-14-16/h4-7,9,13-14H,8,10-12H2,1-3H3,(H2,21,22,24). The van der Waals surface area contributed by atoms with Gasteiger partial charge in [0.1, 0.15) is 12.4 Å². The van der Waals surface area contributed by atoms with Crippen LogP contribution in [0.15, 0.2) is 42.7 Å². The molecule has 0 aliphatic carbocycles. The predicted molar refractivity (Wildman–Crippen MR) is 100 cm³/mol. The Labute approximate surface area is 149 Å². The van der Waals surface area contributed by atoms with Crippen molar-refractivity contribution in [3.63, 3.8) is 0 Å². The van der Waals surface area contributed by atoms with Crippen molar-refractivity contribution in [2.75, 3.05) is 39.1 Å². The SMILES string of the molecule is Cc1ccc(NC(=O)NCCc2cccnc2)c(OCCN(C)C)c1.